The largest absolute Gasteiger partial charge is 0.497 e. The van der Waals surface area contributed by atoms with E-state index in [9.17, 15) is 0 Å². The summed E-state index contributed by atoms with van der Waals surface area (Å²) >= 11 is 5.57. The van der Waals surface area contributed by atoms with E-state index in [1.807, 2.05) is 12.1 Å². The van der Waals surface area contributed by atoms with Crippen molar-refractivity contribution in [2.45, 2.75) is 38.3 Å². The number of benzene rings is 1. The molecule has 3 nitrogen and oxygen atoms in total. The minimum absolute atomic E-state index is 0.606. The highest BCUT2D eigenvalue weighted by Gasteiger charge is 2.39. The van der Waals surface area contributed by atoms with Gasteiger partial charge in [0.2, 0.25) is 0 Å². The molecular formula is C17H24N2OS. The fraction of sp³-hybridized carbons (Fsp3) is 0.588. The zero-order chi connectivity index (χ0) is 14.8. The Labute approximate surface area is 132 Å². The molecule has 114 valence electrons. The van der Waals surface area contributed by atoms with Gasteiger partial charge in [-0.3, -0.25) is 0 Å². The van der Waals surface area contributed by atoms with E-state index >= 15 is 0 Å². The van der Waals surface area contributed by atoms with Crippen LogP contribution in [0.3, 0.4) is 0 Å². The van der Waals surface area contributed by atoms with Crippen LogP contribution in [0, 0.1) is 11.8 Å². The molecule has 0 saturated heterocycles. The highest BCUT2D eigenvalue weighted by molar-refractivity contribution is 7.80. The summed E-state index contributed by atoms with van der Waals surface area (Å²) in [4.78, 5) is 2.13. The van der Waals surface area contributed by atoms with Crippen LogP contribution in [-0.2, 0) is 6.54 Å². The molecule has 3 rings (SSSR count). The molecule has 0 spiro atoms. The molecule has 1 N–H and O–H groups in total. The summed E-state index contributed by atoms with van der Waals surface area (Å²) in [5.74, 6) is 2.69. The Bertz CT molecular complexity index is 502. The third-order valence-corrected chi connectivity index (χ3v) is 5.40. The summed E-state index contributed by atoms with van der Waals surface area (Å²) in [5, 5.41) is 4.46. The van der Waals surface area contributed by atoms with Crippen molar-refractivity contribution in [1.29, 1.82) is 0 Å². The standard InChI is InChI=1S/C17H24N2OS/c1-19(11-12-4-7-15(20-2)8-5-12)17(21)18-16-10-13-3-6-14(16)9-13/h4-5,7-8,13-14,16H,3,6,9-11H2,1-2H3,(H,18,21)/t13-,14+,16+/m0/s1. The summed E-state index contributed by atoms with van der Waals surface area (Å²) in [7, 11) is 3.75. The molecule has 0 radical (unpaired) electrons. The first-order valence-electron chi connectivity index (χ1n) is 7.80. The monoisotopic (exact) mass is 304 g/mol. The van der Waals surface area contributed by atoms with Crippen LogP contribution in [-0.4, -0.2) is 30.2 Å². The van der Waals surface area contributed by atoms with Crippen molar-refractivity contribution < 1.29 is 4.74 Å². The lowest BCUT2D eigenvalue weighted by Gasteiger charge is -2.28. The van der Waals surface area contributed by atoms with Gasteiger partial charge in [0.05, 0.1) is 7.11 Å². The van der Waals surface area contributed by atoms with Gasteiger partial charge in [-0.2, -0.15) is 0 Å². The maximum absolute atomic E-state index is 5.57. The second-order valence-electron chi connectivity index (χ2n) is 6.43. The Morgan fingerprint density at radius 1 is 1.29 bits per heavy atom. The molecule has 2 fully saturated rings. The molecule has 0 aromatic heterocycles. The van der Waals surface area contributed by atoms with Crippen molar-refractivity contribution >= 4 is 17.3 Å². The SMILES string of the molecule is COc1ccc(CN(C)C(=S)N[C@@H]2C[C@H]3CC[C@@H]2C3)cc1. The van der Waals surface area contributed by atoms with Crippen molar-refractivity contribution in [1.82, 2.24) is 10.2 Å². The first-order valence-corrected chi connectivity index (χ1v) is 8.21. The van der Waals surface area contributed by atoms with Crippen LogP contribution in [0.4, 0.5) is 0 Å². The van der Waals surface area contributed by atoms with Crippen molar-refractivity contribution in [2.75, 3.05) is 14.2 Å². The zero-order valence-corrected chi connectivity index (χ0v) is 13.7. The summed E-state index contributed by atoms with van der Waals surface area (Å²) in [6.07, 6.45) is 5.52. The molecule has 0 aliphatic heterocycles. The van der Waals surface area contributed by atoms with E-state index in [2.05, 4.69) is 29.4 Å². The van der Waals surface area contributed by atoms with Crippen LogP contribution >= 0.6 is 12.2 Å². The number of hydrogen-bond acceptors (Lipinski definition) is 2. The van der Waals surface area contributed by atoms with Gasteiger partial charge in [-0.25, -0.2) is 0 Å². The van der Waals surface area contributed by atoms with E-state index < -0.39 is 0 Å². The van der Waals surface area contributed by atoms with E-state index in [0.29, 0.717) is 6.04 Å². The molecular weight excluding hydrogens is 280 g/mol. The van der Waals surface area contributed by atoms with Crippen LogP contribution < -0.4 is 10.1 Å². The van der Waals surface area contributed by atoms with E-state index in [1.165, 1.54) is 31.2 Å². The molecule has 2 aliphatic carbocycles. The number of rotatable bonds is 4. The average molecular weight is 304 g/mol. The number of methoxy groups -OCH3 is 1. The molecule has 2 bridgehead atoms. The Kier molecular flexibility index (Phi) is 4.34. The first kappa shape index (κ1) is 14.6. The lowest BCUT2D eigenvalue weighted by Crippen LogP contribution is -2.44. The number of nitrogens with one attached hydrogen (secondary N) is 1. The highest BCUT2D eigenvalue weighted by atomic mass is 32.1. The zero-order valence-electron chi connectivity index (χ0n) is 12.8. The molecule has 0 amide bonds. The first-order chi connectivity index (χ1) is 10.2. The maximum atomic E-state index is 5.57. The van der Waals surface area contributed by atoms with E-state index in [-0.39, 0.29) is 0 Å². The lowest BCUT2D eigenvalue weighted by atomic mass is 9.95. The fourth-order valence-electron chi connectivity index (χ4n) is 3.77. The van der Waals surface area contributed by atoms with E-state index in [1.54, 1.807) is 7.11 Å². The van der Waals surface area contributed by atoms with Crippen LogP contribution in [0.1, 0.15) is 31.2 Å². The van der Waals surface area contributed by atoms with Gasteiger partial charge in [-0.05, 0) is 61.0 Å². The number of nitrogens with zero attached hydrogens (tertiary/aromatic N) is 1. The van der Waals surface area contributed by atoms with Gasteiger partial charge < -0.3 is 15.0 Å². The van der Waals surface area contributed by atoms with E-state index in [4.69, 9.17) is 17.0 Å². The summed E-state index contributed by atoms with van der Waals surface area (Å²) in [6, 6.07) is 8.78. The van der Waals surface area contributed by atoms with Crippen molar-refractivity contribution in [3.05, 3.63) is 29.8 Å². The van der Waals surface area contributed by atoms with Gasteiger partial charge in [0, 0.05) is 19.6 Å². The summed E-state index contributed by atoms with van der Waals surface area (Å²) < 4.78 is 5.19. The van der Waals surface area contributed by atoms with Crippen molar-refractivity contribution in [3.8, 4) is 5.75 Å². The molecule has 21 heavy (non-hydrogen) atoms. The predicted molar refractivity (Wildman–Crippen MR) is 89.4 cm³/mol. The smallest absolute Gasteiger partial charge is 0.169 e. The second kappa shape index (κ2) is 6.22. The molecule has 0 unspecified atom stereocenters. The van der Waals surface area contributed by atoms with Crippen LogP contribution in [0.15, 0.2) is 24.3 Å². The molecule has 1 aromatic rings. The quantitative estimate of drug-likeness (QED) is 0.864. The Hall–Kier alpha value is -1.29. The normalized spacial score (nSPS) is 26.7. The van der Waals surface area contributed by atoms with Crippen molar-refractivity contribution in [2.24, 2.45) is 11.8 Å². The average Bonchev–Trinajstić information content (AvgIpc) is 3.10. The van der Waals surface area contributed by atoms with Crippen LogP contribution in [0.2, 0.25) is 0 Å². The Balaban J connectivity index is 1.52. The molecule has 1 aromatic carbocycles. The van der Waals surface area contributed by atoms with Gasteiger partial charge in [0.15, 0.2) is 5.11 Å². The second-order valence-corrected chi connectivity index (χ2v) is 6.82. The van der Waals surface area contributed by atoms with Gasteiger partial charge in [-0.1, -0.05) is 18.6 Å². The van der Waals surface area contributed by atoms with Crippen LogP contribution in [0.25, 0.3) is 0 Å². The van der Waals surface area contributed by atoms with Gasteiger partial charge in [0.1, 0.15) is 5.75 Å². The third kappa shape index (κ3) is 3.31. The molecule has 2 aliphatic rings. The van der Waals surface area contributed by atoms with Crippen molar-refractivity contribution in [3.63, 3.8) is 0 Å². The molecule has 0 heterocycles. The summed E-state index contributed by atoms with van der Waals surface area (Å²) in [5.41, 5.74) is 1.25. The molecule has 3 atom stereocenters. The maximum Gasteiger partial charge on any atom is 0.169 e. The number of thiocarbonyl (C=S) groups is 1. The number of fused-ring (bicyclic) bond motifs is 2. The Morgan fingerprint density at radius 2 is 2.05 bits per heavy atom. The van der Waals surface area contributed by atoms with E-state index in [0.717, 1.165) is 29.2 Å². The third-order valence-electron chi connectivity index (χ3n) is 4.97. The lowest BCUT2D eigenvalue weighted by molar-refractivity contribution is 0.373. The summed E-state index contributed by atoms with van der Waals surface area (Å²) in [6.45, 7) is 0.830. The van der Waals surface area contributed by atoms with Gasteiger partial charge in [-0.15, -0.1) is 0 Å². The number of hydrogen-bond donors (Lipinski definition) is 1. The molecule has 2 saturated carbocycles. The van der Waals surface area contributed by atoms with Gasteiger partial charge in [0.25, 0.3) is 0 Å². The number of ether oxygens (including phenoxy) is 1. The molecule has 4 heteroatoms. The van der Waals surface area contributed by atoms with Gasteiger partial charge >= 0.3 is 0 Å². The minimum Gasteiger partial charge on any atom is -0.497 e. The Morgan fingerprint density at radius 3 is 2.62 bits per heavy atom. The predicted octanol–water partition coefficient (Wildman–Crippen LogP) is 3.19. The fourth-order valence-corrected chi connectivity index (χ4v) is 3.98. The van der Waals surface area contributed by atoms with Crippen LogP contribution in [0.5, 0.6) is 5.75 Å². The highest BCUT2D eigenvalue weighted by Crippen LogP contribution is 2.44. The topological polar surface area (TPSA) is 24.5 Å². The minimum atomic E-state index is 0.606.